The van der Waals surface area contributed by atoms with Gasteiger partial charge in [-0.15, -0.1) is 0 Å². The molecule has 7 heteroatoms. The average molecular weight is 449 g/mol. The van der Waals surface area contributed by atoms with Gasteiger partial charge < -0.3 is 10.1 Å². The molecule has 1 aromatic rings. The van der Waals surface area contributed by atoms with Crippen LogP contribution >= 0.6 is 0 Å². The number of benzene rings is 1. The number of carbonyl (C=O) groups excluding carboxylic acids is 1. The van der Waals surface area contributed by atoms with Crippen LogP contribution < -0.4 is 5.32 Å². The van der Waals surface area contributed by atoms with Crippen molar-refractivity contribution in [2.45, 2.75) is 94.0 Å². The van der Waals surface area contributed by atoms with E-state index in [1.807, 2.05) is 12.1 Å². The van der Waals surface area contributed by atoms with Gasteiger partial charge in [0.25, 0.3) is 0 Å². The van der Waals surface area contributed by atoms with E-state index in [1.54, 1.807) is 12.1 Å². The van der Waals surface area contributed by atoms with Crippen molar-refractivity contribution in [1.29, 1.82) is 0 Å². The summed E-state index contributed by atoms with van der Waals surface area (Å²) < 4.78 is 29.5. The van der Waals surface area contributed by atoms with Crippen molar-refractivity contribution in [3.05, 3.63) is 29.8 Å². The Morgan fingerprint density at radius 3 is 2.35 bits per heavy atom. The largest absolute Gasteiger partial charge is 0.368 e. The Bertz CT molecular complexity index is 864. The SMILES string of the molecule is CC1COC(C(=O)NC2CCCC(c3ccc(S(C)(=O)=O)cc3)N2C2CCCCC2)C1. The molecule has 0 spiro atoms. The number of hydrogen-bond donors (Lipinski definition) is 1. The summed E-state index contributed by atoms with van der Waals surface area (Å²) in [5.74, 6) is 0.445. The maximum Gasteiger partial charge on any atom is 0.250 e. The highest BCUT2D eigenvalue weighted by molar-refractivity contribution is 7.90. The fourth-order valence-electron chi connectivity index (χ4n) is 5.55. The molecule has 0 bridgehead atoms. The van der Waals surface area contributed by atoms with Gasteiger partial charge in [-0.1, -0.05) is 38.3 Å². The number of sulfone groups is 1. The number of nitrogens with zero attached hydrogens (tertiary/aromatic N) is 1. The highest BCUT2D eigenvalue weighted by atomic mass is 32.2. The second-order valence-corrected chi connectivity index (χ2v) is 11.7. The van der Waals surface area contributed by atoms with E-state index in [-0.39, 0.29) is 24.2 Å². The summed E-state index contributed by atoms with van der Waals surface area (Å²) in [5.41, 5.74) is 1.14. The van der Waals surface area contributed by atoms with E-state index in [2.05, 4.69) is 17.1 Å². The topological polar surface area (TPSA) is 75.7 Å². The van der Waals surface area contributed by atoms with Crippen molar-refractivity contribution in [2.75, 3.05) is 12.9 Å². The minimum Gasteiger partial charge on any atom is -0.368 e. The van der Waals surface area contributed by atoms with Crippen LogP contribution in [0.1, 0.15) is 76.3 Å². The van der Waals surface area contributed by atoms with E-state index in [0.717, 1.165) is 44.1 Å². The van der Waals surface area contributed by atoms with Gasteiger partial charge in [0.1, 0.15) is 6.10 Å². The number of likely N-dealkylation sites (tertiary alicyclic amines) is 1. The van der Waals surface area contributed by atoms with E-state index in [9.17, 15) is 13.2 Å². The van der Waals surface area contributed by atoms with Gasteiger partial charge in [-0.05, 0) is 62.1 Å². The summed E-state index contributed by atoms with van der Waals surface area (Å²) in [4.78, 5) is 15.8. The highest BCUT2D eigenvalue weighted by Crippen LogP contribution is 2.39. The molecule has 2 saturated heterocycles. The van der Waals surface area contributed by atoms with Gasteiger partial charge in [0.15, 0.2) is 9.84 Å². The molecule has 1 aliphatic carbocycles. The minimum absolute atomic E-state index is 0.00319. The zero-order valence-corrected chi connectivity index (χ0v) is 19.6. The third-order valence-electron chi connectivity index (χ3n) is 7.16. The van der Waals surface area contributed by atoms with Crippen molar-refractivity contribution in [1.82, 2.24) is 10.2 Å². The molecule has 0 radical (unpaired) electrons. The molecule has 6 nitrogen and oxygen atoms in total. The molecular weight excluding hydrogens is 412 g/mol. The molecule has 31 heavy (non-hydrogen) atoms. The van der Waals surface area contributed by atoms with Crippen molar-refractivity contribution in [2.24, 2.45) is 5.92 Å². The summed E-state index contributed by atoms with van der Waals surface area (Å²) in [6.45, 7) is 2.78. The number of hydrogen-bond acceptors (Lipinski definition) is 5. The molecule has 2 heterocycles. The summed E-state index contributed by atoms with van der Waals surface area (Å²) in [6.07, 6.45) is 10.8. The summed E-state index contributed by atoms with van der Waals surface area (Å²) in [6, 6.07) is 8.01. The van der Waals surface area contributed by atoms with Gasteiger partial charge in [0.2, 0.25) is 5.91 Å². The van der Waals surface area contributed by atoms with Gasteiger partial charge in [0, 0.05) is 18.3 Å². The Kier molecular flexibility index (Phi) is 7.04. The zero-order valence-electron chi connectivity index (χ0n) is 18.8. The third kappa shape index (κ3) is 5.32. The first-order valence-electron chi connectivity index (χ1n) is 11.8. The highest BCUT2D eigenvalue weighted by Gasteiger charge is 2.39. The molecule has 172 valence electrons. The molecule has 4 atom stereocenters. The van der Waals surface area contributed by atoms with Gasteiger partial charge in [-0.25, -0.2) is 8.42 Å². The van der Waals surface area contributed by atoms with Crippen LogP contribution in [0.15, 0.2) is 29.2 Å². The third-order valence-corrected chi connectivity index (χ3v) is 8.29. The fourth-order valence-corrected chi connectivity index (χ4v) is 6.18. The zero-order chi connectivity index (χ0) is 22.0. The summed E-state index contributed by atoms with van der Waals surface area (Å²) >= 11 is 0. The maximum absolute atomic E-state index is 13.0. The maximum atomic E-state index is 13.0. The van der Waals surface area contributed by atoms with Crippen molar-refractivity contribution in [3.63, 3.8) is 0 Å². The van der Waals surface area contributed by atoms with Gasteiger partial charge in [-0.3, -0.25) is 9.69 Å². The molecule has 1 N–H and O–H groups in total. The lowest BCUT2D eigenvalue weighted by Crippen LogP contribution is -2.57. The molecule has 2 aliphatic heterocycles. The number of piperidine rings is 1. The van der Waals surface area contributed by atoms with E-state index in [1.165, 1.54) is 25.5 Å². The average Bonchev–Trinajstić information content (AvgIpc) is 3.20. The Morgan fingerprint density at radius 2 is 1.74 bits per heavy atom. The van der Waals surface area contributed by atoms with Crippen LogP contribution in [0.4, 0.5) is 0 Å². The van der Waals surface area contributed by atoms with Crippen LogP contribution in [0, 0.1) is 5.92 Å². The minimum atomic E-state index is -3.21. The van der Waals surface area contributed by atoms with E-state index < -0.39 is 9.84 Å². The van der Waals surface area contributed by atoms with Crippen LogP contribution in [0.25, 0.3) is 0 Å². The van der Waals surface area contributed by atoms with Gasteiger partial charge in [-0.2, -0.15) is 0 Å². The first-order chi connectivity index (χ1) is 14.8. The van der Waals surface area contributed by atoms with E-state index in [4.69, 9.17) is 4.74 Å². The molecule has 4 rings (SSSR count). The molecule has 0 aromatic heterocycles. The second-order valence-electron chi connectivity index (χ2n) is 9.71. The van der Waals surface area contributed by atoms with E-state index in [0.29, 0.717) is 23.5 Å². The molecule has 4 unspecified atom stereocenters. The lowest BCUT2D eigenvalue weighted by molar-refractivity contribution is -0.134. The number of nitrogens with one attached hydrogen (secondary N) is 1. The monoisotopic (exact) mass is 448 g/mol. The Labute approximate surface area is 186 Å². The Morgan fingerprint density at radius 1 is 1.03 bits per heavy atom. The quantitative estimate of drug-likeness (QED) is 0.741. The molecule has 1 amide bonds. The van der Waals surface area contributed by atoms with Crippen molar-refractivity contribution >= 4 is 15.7 Å². The van der Waals surface area contributed by atoms with E-state index >= 15 is 0 Å². The van der Waals surface area contributed by atoms with Gasteiger partial charge in [0.05, 0.1) is 17.7 Å². The molecule has 3 aliphatic rings. The molecule has 3 fully saturated rings. The molecule has 1 saturated carbocycles. The first kappa shape index (κ1) is 22.7. The molecular formula is C24H36N2O4S. The summed E-state index contributed by atoms with van der Waals surface area (Å²) in [5, 5.41) is 3.33. The smallest absolute Gasteiger partial charge is 0.250 e. The Balaban J connectivity index is 1.57. The van der Waals surface area contributed by atoms with Crippen LogP contribution in [0.5, 0.6) is 0 Å². The van der Waals surface area contributed by atoms with Crippen molar-refractivity contribution in [3.8, 4) is 0 Å². The van der Waals surface area contributed by atoms with Crippen LogP contribution in [-0.4, -0.2) is 50.4 Å². The number of rotatable bonds is 5. The van der Waals surface area contributed by atoms with Crippen molar-refractivity contribution < 1.29 is 17.9 Å². The number of amides is 1. The Hall–Kier alpha value is -1.44. The first-order valence-corrected chi connectivity index (χ1v) is 13.7. The predicted octanol–water partition coefficient (Wildman–Crippen LogP) is 3.82. The lowest BCUT2D eigenvalue weighted by Gasteiger charge is -2.48. The van der Waals surface area contributed by atoms with Crippen LogP contribution in [0.3, 0.4) is 0 Å². The molecule has 1 aromatic carbocycles. The lowest BCUT2D eigenvalue weighted by atomic mass is 9.86. The fraction of sp³-hybridized carbons (Fsp3) is 0.708. The van der Waals surface area contributed by atoms with Gasteiger partial charge >= 0.3 is 0 Å². The summed E-state index contributed by atoms with van der Waals surface area (Å²) in [7, 11) is -3.21. The normalized spacial score (nSPS) is 30.9. The number of carbonyl (C=O) groups is 1. The second kappa shape index (κ2) is 9.59. The standard InChI is InChI=1S/C24H36N2O4S/c1-17-15-22(30-16-17)24(27)25-23-10-6-9-21(26(23)19-7-4-3-5-8-19)18-11-13-20(14-12-18)31(2,28)29/h11-14,17,19,21-23H,3-10,15-16H2,1-2H3,(H,25,27). The van der Waals surface area contributed by atoms with Crippen LogP contribution in [-0.2, 0) is 19.4 Å². The predicted molar refractivity (Wildman–Crippen MR) is 120 cm³/mol. The van der Waals surface area contributed by atoms with Crippen LogP contribution in [0.2, 0.25) is 0 Å². The number of ether oxygens (including phenoxy) is 1.